The van der Waals surface area contributed by atoms with E-state index in [0.717, 1.165) is 12.1 Å². The summed E-state index contributed by atoms with van der Waals surface area (Å²) in [5.74, 6) is -1.25. The fourth-order valence-electron chi connectivity index (χ4n) is 2.05. The average molecular weight is 386 g/mol. The number of alkyl halides is 3. The molecule has 26 heavy (non-hydrogen) atoms. The molecule has 1 N–H and O–H groups in total. The Bertz CT molecular complexity index is 774. The Hall–Kier alpha value is -2.54. The van der Waals surface area contributed by atoms with Gasteiger partial charge in [-0.25, -0.2) is 0 Å². The van der Waals surface area contributed by atoms with Crippen molar-refractivity contribution in [3.8, 4) is 0 Å². The highest BCUT2D eigenvalue weighted by molar-refractivity contribution is 6.30. The van der Waals surface area contributed by atoms with Crippen molar-refractivity contribution < 1.29 is 27.5 Å². The summed E-state index contributed by atoms with van der Waals surface area (Å²) >= 11 is 5.75. The van der Waals surface area contributed by atoms with Crippen LogP contribution in [0.15, 0.2) is 48.5 Å². The predicted molar refractivity (Wildman–Crippen MR) is 90.8 cm³/mol. The monoisotopic (exact) mass is 385 g/mol. The maximum Gasteiger partial charge on any atom is 0.416 e. The molecule has 0 aliphatic heterocycles. The molecular formula is C18H15ClF3NO3. The third kappa shape index (κ3) is 5.77. The van der Waals surface area contributed by atoms with Crippen LogP contribution in [0.5, 0.6) is 0 Å². The molecule has 0 bridgehead atoms. The molecule has 8 heteroatoms. The van der Waals surface area contributed by atoms with Crippen molar-refractivity contribution in [3.63, 3.8) is 0 Å². The van der Waals surface area contributed by atoms with E-state index in [1.54, 1.807) is 24.3 Å². The molecule has 4 nitrogen and oxygen atoms in total. The minimum atomic E-state index is -4.44. The predicted octanol–water partition coefficient (Wildman–Crippen LogP) is 4.47. The van der Waals surface area contributed by atoms with Crippen molar-refractivity contribution >= 4 is 29.2 Å². The van der Waals surface area contributed by atoms with E-state index >= 15 is 0 Å². The minimum absolute atomic E-state index is 0.239. The van der Waals surface area contributed by atoms with Crippen molar-refractivity contribution in [2.24, 2.45) is 0 Å². The lowest BCUT2D eigenvalue weighted by molar-refractivity contribution is -0.152. The number of rotatable bonds is 5. The van der Waals surface area contributed by atoms with Crippen LogP contribution < -0.4 is 5.32 Å². The van der Waals surface area contributed by atoms with Gasteiger partial charge in [-0.3, -0.25) is 9.59 Å². The van der Waals surface area contributed by atoms with Gasteiger partial charge in [0.15, 0.2) is 6.10 Å². The van der Waals surface area contributed by atoms with Crippen LogP contribution in [0.1, 0.15) is 18.1 Å². The lowest BCUT2D eigenvalue weighted by Crippen LogP contribution is -2.30. The van der Waals surface area contributed by atoms with Gasteiger partial charge in [0.2, 0.25) is 0 Å². The lowest BCUT2D eigenvalue weighted by Gasteiger charge is -2.14. The molecule has 0 saturated heterocycles. The van der Waals surface area contributed by atoms with Gasteiger partial charge in [-0.1, -0.05) is 23.7 Å². The van der Waals surface area contributed by atoms with Crippen molar-refractivity contribution in [1.82, 2.24) is 0 Å². The van der Waals surface area contributed by atoms with Crippen LogP contribution in [0.25, 0.3) is 0 Å². The number of nitrogens with one attached hydrogen (secondary N) is 1. The molecule has 2 aromatic rings. The minimum Gasteiger partial charge on any atom is -0.452 e. The number of amides is 1. The number of esters is 1. The van der Waals surface area contributed by atoms with E-state index in [0.29, 0.717) is 16.3 Å². The molecule has 0 aliphatic carbocycles. The van der Waals surface area contributed by atoms with Crippen LogP contribution in [0.2, 0.25) is 5.02 Å². The maximum atomic E-state index is 12.5. The topological polar surface area (TPSA) is 55.4 Å². The SMILES string of the molecule is CC(OC(=O)Cc1ccc(C(F)(F)F)cc1)C(=O)Nc1ccc(Cl)cc1. The Kier molecular flexibility index (Phi) is 6.26. The smallest absolute Gasteiger partial charge is 0.416 e. The summed E-state index contributed by atoms with van der Waals surface area (Å²) in [6.07, 6.45) is -5.74. The van der Waals surface area contributed by atoms with Crippen LogP contribution in [-0.4, -0.2) is 18.0 Å². The van der Waals surface area contributed by atoms with Crippen LogP contribution in [0.3, 0.4) is 0 Å². The molecule has 0 fully saturated rings. The molecule has 138 valence electrons. The standard InChI is InChI=1S/C18H15ClF3NO3/c1-11(17(25)23-15-8-6-14(19)7-9-15)26-16(24)10-12-2-4-13(5-3-12)18(20,21)22/h2-9,11H,10H2,1H3,(H,23,25). The molecule has 2 rings (SSSR count). The Morgan fingerprint density at radius 1 is 1.08 bits per heavy atom. The van der Waals surface area contributed by atoms with Gasteiger partial charge in [0.1, 0.15) is 0 Å². The lowest BCUT2D eigenvalue weighted by atomic mass is 10.1. The van der Waals surface area contributed by atoms with Crippen molar-refractivity contribution in [2.75, 3.05) is 5.32 Å². The number of anilines is 1. The van der Waals surface area contributed by atoms with Crippen LogP contribution in [0, 0.1) is 0 Å². The summed E-state index contributed by atoms with van der Waals surface area (Å²) in [7, 11) is 0. The quantitative estimate of drug-likeness (QED) is 0.772. The van der Waals surface area contributed by atoms with Crippen molar-refractivity contribution in [3.05, 3.63) is 64.7 Å². The second-order valence-electron chi connectivity index (χ2n) is 5.50. The third-order valence-electron chi connectivity index (χ3n) is 3.42. The van der Waals surface area contributed by atoms with Crippen LogP contribution in [0.4, 0.5) is 18.9 Å². The second-order valence-corrected chi connectivity index (χ2v) is 5.94. The van der Waals surface area contributed by atoms with E-state index in [1.165, 1.54) is 19.1 Å². The molecule has 0 saturated carbocycles. The van der Waals surface area contributed by atoms with Crippen molar-refractivity contribution in [1.29, 1.82) is 0 Å². The maximum absolute atomic E-state index is 12.5. The fraction of sp³-hybridized carbons (Fsp3) is 0.222. The highest BCUT2D eigenvalue weighted by Gasteiger charge is 2.30. The number of benzene rings is 2. The molecule has 0 aromatic heterocycles. The Labute approximate surface area is 152 Å². The average Bonchev–Trinajstić information content (AvgIpc) is 2.56. The number of carbonyl (C=O) groups is 2. The van der Waals surface area contributed by atoms with Crippen LogP contribution in [-0.2, 0) is 26.9 Å². The third-order valence-corrected chi connectivity index (χ3v) is 3.67. The van der Waals surface area contributed by atoms with Crippen molar-refractivity contribution in [2.45, 2.75) is 25.6 Å². The summed E-state index contributed by atoms with van der Waals surface area (Å²) in [6, 6.07) is 10.6. The highest BCUT2D eigenvalue weighted by Crippen LogP contribution is 2.29. The Balaban J connectivity index is 1.88. The summed E-state index contributed by atoms with van der Waals surface area (Å²) in [5.41, 5.74) is 0.0451. The molecule has 0 radical (unpaired) electrons. The molecular weight excluding hydrogens is 371 g/mol. The zero-order valence-electron chi connectivity index (χ0n) is 13.6. The fourth-order valence-corrected chi connectivity index (χ4v) is 2.17. The van der Waals surface area contributed by atoms with Gasteiger partial charge in [0.25, 0.3) is 5.91 Å². The van der Waals surface area contributed by atoms with Gasteiger partial charge < -0.3 is 10.1 Å². The first-order chi connectivity index (χ1) is 12.1. The summed E-state index contributed by atoms with van der Waals surface area (Å²) in [4.78, 5) is 23.9. The van der Waals surface area contributed by atoms with E-state index in [2.05, 4.69) is 5.32 Å². The van der Waals surface area contributed by atoms with E-state index in [-0.39, 0.29) is 6.42 Å². The van der Waals surface area contributed by atoms with Crippen LogP contribution >= 0.6 is 11.6 Å². The number of hydrogen-bond donors (Lipinski definition) is 1. The van der Waals surface area contributed by atoms with Gasteiger partial charge in [0, 0.05) is 10.7 Å². The zero-order valence-corrected chi connectivity index (χ0v) is 14.4. The number of hydrogen-bond acceptors (Lipinski definition) is 3. The number of ether oxygens (including phenoxy) is 1. The van der Waals surface area contributed by atoms with E-state index in [4.69, 9.17) is 16.3 Å². The summed E-state index contributed by atoms with van der Waals surface area (Å²) < 4.78 is 42.5. The van der Waals surface area contributed by atoms with E-state index < -0.39 is 29.7 Å². The molecule has 2 aromatic carbocycles. The van der Waals surface area contributed by atoms with Gasteiger partial charge >= 0.3 is 12.1 Å². The summed E-state index contributed by atoms with van der Waals surface area (Å²) in [6.45, 7) is 1.40. The molecule has 0 spiro atoms. The molecule has 0 aliphatic rings. The van der Waals surface area contributed by atoms with Gasteiger partial charge in [0.05, 0.1) is 12.0 Å². The molecule has 0 heterocycles. The van der Waals surface area contributed by atoms with Gasteiger partial charge in [-0.2, -0.15) is 13.2 Å². The number of halogens is 4. The zero-order chi connectivity index (χ0) is 19.3. The van der Waals surface area contributed by atoms with Gasteiger partial charge in [-0.05, 0) is 48.9 Å². The highest BCUT2D eigenvalue weighted by atomic mass is 35.5. The second kappa shape index (κ2) is 8.23. The Morgan fingerprint density at radius 2 is 1.65 bits per heavy atom. The first-order valence-electron chi connectivity index (χ1n) is 7.57. The molecule has 1 amide bonds. The molecule has 1 unspecified atom stereocenters. The first-order valence-corrected chi connectivity index (χ1v) is 7.95. The van der Waals surface area contributed by atoms with E-state index in [9.17, 15) is 22.8 Å². The summed E-state index contributed by atoms with van der Waals surface area (Å²) in [5, 5.41) is 3.08. The van der Waals surface area contributed by atoms with E-state index in [1.807, 2.05) is 0 Å². The van der Waals surface area contributed by atoms with Gasteiger partial charge in [-0.15, -0.1) is 0 Å². The first kappa shape index (κ1) is 19.8. The number of carbonyl (C=O) groups excluding carboxylic acids is 2. The normalized spacial score (nSPS) is 12.3. The Morgan fingerprint density at radius 3 is 2.19 bits per heavy atom. The largest absolute Gasteiger partial charge is 0.452 e. The molecule has 1 atom stereocenters.